The Morgan fingerprint density at radius 2 is 2.00 bits per heavy atom. The smallest absolute Gasteiger partial charge is 0.249 e. The minimum absolute atomic E-state index is 0.333. The van der Waals surface area contributed by atoms with Crippen molar-refractivity contribution in [2.24, 2.45) is 0 Å². The lowest BCUT2D eigenvalue weighted by Gasteiger charge is -2.26. The fraction of sp³-hybridized carbons (Fsp3) is 0.286. The van der Waals surface area contributed by atoms with Crippen LogP contribution in [0.5, 0.6) is 5.88 Å². The normalized spacial score (nSPS) is 14.5. The summed E-state index contributed by atoms with van der Waals surface area (Å²) in [5.74, 6) is 5.89. The SMILES string of the molecule is Fc1cccc(C#Cc2nc3ncccc3nc2OCCN2CCOCC2)c1. The van der Waals surface area contributed by atoms with E-state index >= 15 is 0 Å². The summed E-state index contributed by atoms with van der Waals surface area (Å²) >= 11 is 0. The topological polar surface area (TPSA) is 60.4 Å². The molecule has 1 fully saturated rings. The van der Waals surface area contributed by atoms with Crippen LogP contribution in [-0.2, 0) is 4.74 Å². The van der Waals surface area contributed by atoms with Gasteiger partial charge >= 0.3 is 0 Å². The maximum absolute atomic E-state index is 13.4. The lowest BCUT2D eigenvalue weighted by atomic mass is 10.2. The standard InChI is InChI=1S/C21H19FN4O2/c22-17-4-1-3-16(15-17)6-7-19-21(25-18-5-2-8-23-20(18)24-19)28-14-11-26-9-12-27-13-10-26/h1-5,8,15H,9-14H2. The molecule has 6 nitrogen and oxygen atoms in total. The molecule has 3 heterocycles. The Hall–Kier alpha value is -3.08. The van der Waals surface area contributed by atoms with Gasteiger partial charge < -0.3 is 9.47 Å². The zero-order valence-corrected chi connectivity index (χ0v) is 15.3. The van der Waals surface area contributed by atoms with Gasteiger partial charge in [-0.3, -0.25) is 4.90 Å². The Labute approximate surface area is 162 Å². The summed E-state index contributed by atoms with van der Waals surface area (Å²) in [6, 6.07) is 9.73. The van der Waals surface area contributed by atoms with Crippen molar-refractivity contribution in [3.63, 3.8) is 0 Å². The molecule has 2 aromatic heterocycles. The first kappa shape index (κ1) is 18.3. The minimum Gasteiger partial charge on any atom is -0.474 e. The van der Waals surface area contributed by atoms with Gasteiger partial charge in [-0.25, -0.2) is 19.3 Å². The van der Waals surface area contributed by atoms with Crippen LogP contribution in [0.4, 0.5) is 4.39 Å². The molecule has 0 aliphatic carbocycles. The van der Waals surface area contributed by atoms with E-state index in [1.54, 1.807) is 24.4 Å². The van der Waals surface area contributed by atoms with Crippen molar-refractivity contribution in [1.29, 1.82) is 0 Å². The van der Waals surface area contributed by atoms with Crippen molar-refractivity contribution in [3.8, 4) is 17.7 Å². The lowest BCUT2D eigenvalue weighted by molar-refractivity contribution is 0.0320. The minimum atomic E-state index is -0.333. The molecule has 1 aliphatic heterocycles. The number of benzene rings is 1. The van der Waals surface area contributed by atoms with Gasteiger partial charge in [0.1, 0.15) is 17.9 Å². The van der Waals surface area contributed by atoms with E-state index in [1.807, 2.05) is 6.07 Å². The zero-order valence-electron chi connectivity index (χ0n) is 15.3. The van der Waals surface area contributed by atoms with Crippen molar-refractivity contribution in [2.45, 2.75) is 0 Å². The van der Waals surface area contributed by atoms with Gasteiger partial charge in [0.15, 0.2) is 11.3 Å². The number of hydrogen-bond acceptors (Lipinski definition) is 6. The summed E-state index contributed by atoms with van der Waals surface area (Å²) in [7, 11) is 0. The van der Waals surface area contributed by atoms with Gasteiger partial charge in [0, 0.05) is 31.4 Å². The second-order valence-corrected chi connectivity index (χ2v) is 6.29. The third-order valence-corrected chi connectivity index (χ3v) is 4.31. The summed E-state index contributed by atoms with van der Waals surface area (Å²) in [4.78, 5) is 15.5. The van der Waals surface area contributed by atoms with E-state index in [9.17, 15) is 4.39 Å². The Morgan fingerprint density at radius 1 is 1.11 bits per heavy atom. The van der Waals surface area contributed by atoms with Crippen LogP contribution in [0, 0.1) is 17.7 Å². The van der Waals surface area contributed by atoms with E-state index in [1.165, 1.54) is 12.1 Å². The molecule has 0 radical (unpaired) electrons. The monoisotopic (exact) mass is 378 g/mol. The molecular formula is C21H19FN4O2. The Balaban J connectivity index is 1.57. The third kappa shape index (κ3) is 4.60. The van der Waals surface area contributed by atoms with Gasteiger partial charge in [0.2, 0.25) is 5.88 Å². The molecule has 4 rings (SSSR count). The van der Waals surface area contributed by atoms with Crippen LogP contribution < -0.4 is 4.74 Å². The van der Waals surface area contributed by atoms with E-state index in [2.05, 4.69) is 31.7 Å². The second kappa shape index (κ2) is 8.74. The van der Waals surface area contributed by atoms with Gasteiger partial charge in [-0.05, 0) is 36.3 Å². The van der Waals surface area contributed by atoms with Gasteiger partial charge in [-0.2, -0.15) is 0 Å². The molecule has 142 valence electrons. The van der Waals surface area contributed by atoms with Gasteiger partial charge in [-0.1, -0.05) is 12.0 Å². The Morgan fingerprint density at radius 3 is 2.86 bits per heavy atom. The number of halogens is 1. The van der Waals surface area contributed by atoms with Crippen molar-refractivity contribution < 1.29 is 13.9 Å². The van der Waals surface area contributed by atoms with Crippen molar-refractivity contribution in [1.82, 2.24) is 19.9 Å². The third-order valence-electron chi connectivity index (χ3n) is 4.31. The highest BCUT2D eigenvalue weighted by atomic mass is 19.1. The van der Waals surface area contributed by atoms with Crippen LogP contribution >= 0.6 is 0 Å². The molecule has 0 spiro atoms. The van der Waals surface area contributed by atoms with Crippen LogP contribution in [0.2, 0.25) is 0 Å². The fourth-order valence-corrected chi connectivity index (χ4v) is 2.85. The molecule has 1 aliphatic rings. The zero-order chi connectivity index (χ0) is 19.2. The quantitative estimate of drug-likeness (QED) is 0.649. The largest absolute Gasteiger partial charge is 0.474 e. The number of nitrogens with zero attached hydrogens (tertiary/aromatic N) is 4. The van der Waals surface area contributed by atoms with Crippen molar-refractivity contribution >= 4 is 11.2 Å². The number of morpholine rings is 1. The predicted molar refractivity (Wildman–Crippen MR) is 102 cm³/mol. The first-order valence-corrected chi connectivity index (χ1v) is 9.11. The van der Waals surface area contributed by atoms with Crippen LogP contribution in [0.1, 0.15) is 11.3 Å². The first-order chi connectivity index (χ1) is 13.8. The van der Waals surface area contributed by atoms with Gasteiger partial charge in [0.25, 0.3) is 0 Å². The van der Waals surface area contributed by atoms with Crippen molar-refractivity contribution in [3.05, 3.63) is 59.7 Å². The average Bonchev–Trinajstić information content (AvgIpc) is 2.73. The number of aromatic nitrogens is 3. The van der Waals surface area contributed by atoms with Crippen molar-refractivity contribution in [2.75, 3.05) is 39.5 Å². The molecule has 0 bridgehead atoms. The molecule has 0 N–H and O–H groups in total. The first-order valence-electron chi connectivity index (χ1n) is 9.11. The highest BCUT2D eigenvalue weighted by molar-refractivity contribution is 5.71. The molecule has 0 amide bonds. The molecule has 0 saturated carbocycles. The molecule has 3 aromatic rings. The average molecular weight is 378 g/mol. The number of fused-ring (bicyclic) bond motifs is 1. The number of pyridine rings is 1. The van der Waals surface area contributed by atoms with Gasteiger partial charge in [0.05, 0.1) is 13.2 Å². The number of ether oxygens (including phenoxy) is 2. The molecule has 0 unspecified atom stereocenters. The van der Waals surface area contributed by atoms with Gasteiger partial charge in [-0.15, -0.1) is 0 Å². The second-order valence-electron chi connectivity index (χ2n) is 6.29. The number of rotatable bonds is 4. The van der Waals surface area contributed by atoms with E-state index in [-0.39, 0.29) is 5.82 Å². The van der Waals surface area contributed by atoms with Crippen LogP contribution in [-0.4, -0.2) is 59.3 Å². The van der Waals surface area contributed by atoms with Crippen LogP contribution in [0.3, 0.4) is 0 Å². The summed E-state index contributed by atoms with van der Waals surface area (Å²) in [5, 5.41) is 0. The van der Waals surface area contributed by atoms with E-state index in [4.69, 9.17) is 9.47 Å². The number of hydrogen-bond donors (Lipinski definition) is 0. The molecule has 7 heteroatoms. The Kier molecular flexibility index (Phi) is 5.71. The highest BCUT2D eigenvalue weighted by Crippen LogP contribution is 2.17. The molecule has 1 aromatic carbocycles. The summed E-state index contributed by atoms with van der Waals surface area (Å²) in [6.45, 7) is 4.51. The van der Waals surface area contributed by atoms with Crippen LogP contribution in [0.25, 0.3) is 11.2 Å². The molecule has 0 atom stereocenters. The molecular weight excluding hydrogens is 359 g/mol. The van der Waals surface area contributed by atoms with E-state index in [0.29, 0.717) is 34.9 Å². The molecule has 1 saturated heterocycles. The lowest BCUT2D eigenvalue weighted by Crippen LogP contribution is -2.38. The predicted octanol–water partition coefficient (Wildman–Crippen LogP) is 2.27. The molecule has 28 heavy (non-hydrogen) atoms. The Bertz CT molecular complexity index is 1030. The maximum atomic E-state index is 13.4. The van der Waals surface area contributed by atoms with Crippen LogP contribution in [0.15, 0.2) is 42.6 Å². The summed E-state index contributed by atoms with van der Waals surface area (Å²) in [5.41, 5.74) is 2.08. The summed E-state index contributed by atoms with van der Waals surface area (Å²) in [6.07, 6.45) is 1.65. The summed E-state index contributed by atoms with van der Waals surface area (Å²) < 4.78 is 24.6. The fourth-order valence-electron chi connectivity index (χ4n) is 2.85. The van der Waals surface area contributed by atoms with E-state index in [0.717, 1.165) is 32.8 Å². The van der Waals surface area contributed by atoms with E-state index < -0.39 is 0 Å². The maximum Gasteiger partial charge on any atom is 0.249 e. The highest BCUT2D eigenvalue weighted by Gasteiger charge is 2.12.